The smallest absolute Gasteiger partial charge is 0.234 e. The van der Waals surface area contributed by atoms with Crippen LogP contribution in [0.2, 0.25) is 0 Å². The van der Waals surface area contributed by atoms with Gasteiger partial charge in [0.05, 0.1) is 38.3 Å². The number of aryl methyl sites for hydroxylation is 1. The van der Waals surface area contributed by atoms with Crippen LogP contribution < -0.4 is 14.8 Å². The maximum atomic E-state index is 12.4. The summed E-state index contributed by atoms with van der Waals surface area (Å²) >= 11 is 1.35. The Labute approximate surface area is 162 Å². The minimum Gasteiger partial charge on any atom is -0.497 e. The maximum absolute atomic E-state index is 12.4. The zero-order chi connectivity index (χ0) is 19.2. The molecule has 0 saturated carbocycles. The highest BCUT2D eigenvalue weighted by molar-refractivity contribution is 7.99. The fraction of sp³-hybridized carbons (Fsp3) is 0.500. The fourth-order valence-corrected chi connectivity index (χ4v) is 3.69. The molecular weight excluding hydrogens is 368 g/mol. The second-order valence-electron chi connectivity index (χ2n) is 6.18. The molecule has 1 fully saturated rings. The molecule has 27 heavy (non-hydrogen) atoms. The number of ether oxygens (including phenoxy) is 3. The van der Waals surface area contributed by atoms with Gasteiger partial charge < -0.3 is 24.1 Å². The zero-order valence-electron chi connectivity index (χ0n) is 15.7. The van der Waals surface area contributed by atoms with Crippen molar-refractivity contribution in [2.24, 2.45) is 0 Å². The Hall–Kier alpha value is -2.26. The molecule has 8 nitrogen and oxygen atoms in total. The molecule has 2 aromatic rings. The number of hydrogen-bond acceptors (Lipinski definition) is 7. The lowest BCUT2D eigenvalue weighted by Gasteiger charge is -2.14. The molecule has 1 atom stereocenters. The van der Waals surface area contributed by atoms with E-state index >= 15 is 0 Å². The Morgan fingerprint density at radius 3 is 2.93 bits per heavy atom. The molecule has 1 amide bonds. The molecule has 0 radical (unpaired) electrons. The van der Waals surface area contributed by atoms with Crippen molar-refractivity contribution in [3.05, 3.63) is 24.0 Å². The van der Waals surface area contributed by atoms with Gasteiger partial charge in [-0.3, -0.25) is 4.79 Å². The van der Waals surface area contributed by atoms with Crippen LogP contribution in [0.1, 0.15) is 18.7 Å². The topological polar surface area (TPSA) is 87.5 Å². The highest BCUT2D eigenvalue weighted by Gasteiger charge is 2.20. The Bertz CT molecular complexity index is 790. The van der Waals surface area contributed by atoms with Crippen LogP contribution in [0.25, 0.3) is 0 Å². The van der Waals surface area contributed by atoms with E-state index in [1.165, 1.54) is 11.8 Å². The van der Waals surface area contributed by atoms with Crippen LogP contribution in [0.4, 0.5) is 5.69 Å². The predicted octanol–water partition coefficient (Wildman–Crippen LogP) is 2.51. The van der Waals surface area contributed by atoms with Crippen molar-refractivity contribution in [3.63, 3.8) is 0 Å². The van der Waals surface area contributed by atoms with E-state index in [-0.39, 0.29) is 17.8 Å². The van der Waals surface area contributed by atoms with E-state index in [0.717, 1.165) is 30.4 Å². The highest BCUT2D eigenvalue weighted by Crippen LogP contribution is 2.29. The van der Waals surface area contributed by atoms with Gasteiger partial charge in [0.25, 0.3) is 0 Å². The number of carbonyl (C=O) groups is 1. The standard InChI is InChI=1S/C18H24N4O4S/c1-12-20-21-18(22(12)10-14-5-4-8-26-14)27-11-17(23)19-15-9-13(24-2)6-7-16(15)25-3/h6-7,9,14H,4-5,8,10-11H2,1-3H3,(H,19,23)/t14-/m0/s1. The van der Waals surface area contributed by atoms with Gasteiger partial charge in [0, 0.05) is 12.7 Å². The number of rotatable bonds is 8. The molecule has 146 valence electrons. The first-order valence-corrected chi connectivity index (χ1v) is 9.75. The van der Waals surface area contributed by atoms with Crippen LogP contribution in [-0.2, 0) is 16.1 Å². The van der Waals surface area contributed by atoms with E-state index < -0.39 is 0 Å². The third-order valence-electron chi connectivity index (χ3n) is 4.33. The van der Waals surface area contributed by atoms with Gasteiger partial charge in [-0.15, -0.1) is 10.2 Å². The summed E-state index contributed by atoms with van der Waals surface area (Å²) in [4.78, 5) is 12.4. The number of hydrogen-bond donors (Lipinski definition) is 1. The van der Waals surface area contributed by atoms with Crippen molar-refractivity contribution in [2.75, 3.05) is 31.9 Å². The normalized spacial score (nSPS) is 16.3. The number of nitrogens with one attached hydrogen (secondary N) is 1. The third-order valence-corrected chi connectivity index (χ3v) is 5.29. The lowest BCUT2D eigenvalue weighted by atomic mass is 10.2. The van der Waals surface area contributed by atoms with Gasteiger partial charge >= 0.3 is 0 Å². The summed E-state index contributed by atoms with van der Waals surface area (Å²) in [6.07, 6.45) is 2.31. The molecule has 1 aromatic heterocycles. The highest BCUT2D eigenvalue weighted by atomic mass is 32.2. The fourth-order valence-electron chi connectivity index (χ4n) is 2.90. The average molecular weight is 392 g/mol. The van der Waals surface area contributed by atoms with Crippen molar-refractivity contribution >= 4 is 23.4 Å². The predicted molar refractivity (Wildman–Crippen MR) is 103 cm³/mol. The van der Waals surface area contributed by atoms with Crippen molar-refractivity contribution < 1.29 is 19.0 Å². The van der Waals surface area contributed by atoms with E-state index in [1.54, 1.807) is 32.4 Å². The molecule has 1 aromatic carbocycles. The molecule has 0 unspecified atom stereocenters. The molecule has 3 rings (SSSR count). The van der Waals surface area contributed by atoms with E-state index in [4.69, 9.17) is 14.2 Å². The molecule has 1 aliphatic heterocycles. The van der Waals surface area contributed by atoms with Gasteiger partial charge in [-0.05, 0) is 31.9 Å². The number of amides is 1. The number of aromatic nitrogens is 3. The first-order valence-electron chi connectivity index (χ1n) is 8.76. The van der Waals surface area contributed by atoms with E-state index in [1.807, 2.05) is 11.5 Å². The van der Waals surface area contributed by atoms with Crippen molar-refractivity contribution in [3.8, 4) is 11.5 Å². The van der Waals surface area contributed by atoms with E-state index in [9.17, 15) is 4.79 Å². The number of carbonyl (C=O) groups excluding carboxylic acids is 1. The van der Waals surface area contributed by atoms with E-state index in [0.29, 0.717) is 23.7 Å². The first kappa shape index (κ1) is 19.5. The molecule has 0 bridgehead atoms. The number of thioether (sulfide) groups is 1. The van der Waals surface area contributed by atoms with Crippen LogP contribution in [0.3, 0.4) is 0 Å². The second kappa shape index (κ2) is 9.09. The summed E-state index contributed by atoms with van der Waals surface area (Å²) < 4.78 is 18.2. The van der Waals surface area contributed by atoms with Crippen LogP contribution in [0, 0.1) is 6.92 Å². The summed E-state index contributed by atoms with van der Waals surface area (Å²) in [5, 5.41) is 11.9. The summed E-state index contributed by atoms with van der Waals surface area (Å²) in [6, 6.07) is 5.26. The van der Waals surface area contributed by atoms with Crippen molar-refractivity contribution in [1.29, 1.82) is 0 Å². The molecule has 2 heterocycles. The minimum atomic E-state index is -0.157. The number of nitrogens with zero attached hydrogens (tertiary/aromatic N) is 3. The summed E-state index contributed by atoms with van der Waals surface area (Å²) in [7, 11) is 3.13. The van der Waals surface area contributed by atoms with Gasteiger partial charge in [-0.2, -0.15) is 0 Å². The minimum absolute atomic E-state index is 0.157. The van der Waals surface area contributed by atoms with Crippen LogP contribution in [-0.4, -0.2) is 53.4 Å². The SMILES string of the molecule is COc1ccc(OC)c(NC(=O)CSc2nnc(C)n2C[C@@H]2CCCO2)c1. The lowest BCUT2D eigenvalue weighted by Crippen LogP contribution is -2.18. The average Bonchev–Trinajstić information content (AvgIpc) is 3.31. The van der Waals surface area contributed by atoms with E-state index in [2.05, 4.69) is 15.5 Å². The maximum Gasteiger partial charge on any atom is 0.234 e. The monoisotopic (exact) mass is 392 g/mol. The molecular formula is C18H24N4O4S. The third kappa shape index (κ3) is 4.92. The van der Waals surface area contributed by atoms with Gasteiger partial charge in [-0.25, -0.2) is 0 Å². The Balaban J connectivity index is 1.61. The van der Waals surface area contributed by atoms with Crippen LogP contribution >= 0.6 is 11.8 Å². The summed E-state index contributed by atoms with van der Waals surface area (Å²) in [6.45, 7) is 3.43. The Morgan fingerprint density at radius 1 is 1.37 bits per heavy atom. The van der Waals surface area contributed by atoms with Gasteiger partial charge in [-0.1, -0.05) is 11.8 Å². The van der Waals surface area contributed by atoms with Crippen LogP contribution in [0.5, 0.6) is 11.5 Å². The number of anilines is 1. The summed E-state index contributed by atoms with van der Waals surface area (Å²) in [5.74, 6) is 2.10. The molecule has 1 N–H and O–H groups in total. The number of methoxy groups -OCH3 is 2. The van der Waals surface area contributed by atoms with Crippen LogP contribution in [0.15, 0.2) is 23.4 Å². The largest absolute Gasteiger partial charge is 0.497 e. The summed E-state index contributed by atoms with van der Waals surface area (Å²) in [5.41, 5.74) is 0.569. The Kier molecular flexibility index (Phi) is 6.57. The lowest BCUT2D eigenvalue weighted by molar-refractivity contribution is -0.113. The van der Waals surface area contributed by atoms with Crippen molar-refractivity contribution in [1.82, 2.24) is 14.8 Å². The first-order chi connectivity index (χ1) is 13.1. The molecule has 1 saturated heterocycles. The second-order valence-corrected chi connectivity index (χ2v) is 7.12. The quantitative estimate of drug-likeness (QED) is 0.691. The molecule has 1 aliphatic rings. The van der Waals surface area contributed by atoms with Gasteiger partial charge in [0.1, 0.15) is 17.3 Å². The molecule has 0 spiro atoms. The Morgan fingerprint density at radius 2 is 2.22 bits per heavy atom. The molecule has 9 heteroatoms. The van der Waals surface area contributed by atoms with Gasteiger partial charge in [0.2, 0.25) is 5.91 Å². The molecule has 0 aliphatic carbocycles. The van der Waals surface area contributed by atoms with Crippen molar-refractivity contribution in [2.45, 2.75) is 37.6 Å². The number of benzene rings is 1. The van der Waals surface area contributed by atoms with Gasteiger partial charge in [0.15, 0.2) is 5.16 Å². The zero-order valence-corrected chi connectivity index (χ0v) is 16.5.